The SMILES string of the molecule is CC.Cc1[nH]nc(C#N)c1Cl. The van der Waals surface area contributed by atoms with E-state index in [1.165, 1.54) is 0 Å². The molecule has 1 N–H and O–H groups in total. The molecular weight excluding hydrogens is 162 g/mol. The molecule has 11 heavy (non-hydrogen) atoms. The van der Waals surface area contributed by atoms with E-state index in [4.69, 9.17) is 16.9 Å². The van der Waals surface area contributed by atoms with Gasteiger partial charge in [-0.3, -0.25) is 5.10 Å². The second-order valence-electron chi connectivity index (χ2n) is 1.62. The molecule has 60 valence electrons. The average molecular weight is 172 g/mol. The summed E-state index contributed by atoms with van der Waals surface area (Å²) in [6.07, 6.45) is 0. The number of hydrogen-bond donors (Lipinski definition) is 1. The van der Waals surface area contributed by atoms with Gasteiger partial charge in [0.25, 0.3) is 0 Å². The Morgan fingerprint density at radius 3 is 2.27 bits per heavy atom. The first kappa shape index (κ1) is 9.99. The zero-order valence-corrected chi connectivity index (χ0v) is 7.53. The number of H-pyrrole nitrogens is 1. The molecule has 0 fully saturated rings. The molecule has 0 saturated heterocycles. The van der Waals surface area contributed by atoms with Gasteiger partial charge in [0, 0.05) is 0 Å². The van der Waals surface area contributed by atoms with Crippen LogP contribution in [0.25, 0.3) is 0 Å². The highest BCUT2D eigenvalue weighted by molar-refractivity contribution is 6.32. The molecule has 1 aromatic rings. The first-order valence-corrected chi connectivity index (χ1v) is 3.74. The zero-order chi connectivity index (χ0) is 8.85. The Bertz CT molecular complexity index is 259. The van der Waals surface area contributed by atoms with Gasteiger partial charge in [-0.25, -0.2) is 0 Å². The normalized spacial score (nSPS) is 7.91. The first-order chi connectivity index (χ1) is 5.25. The van der Waals surface area contributed by atoms with Crippen LogP contribution in [0.4, 0.5) is 0 Å². The summed E-state index contributed by atoms with van der Waals surface area (Å²) in [4.78, 5) is 0. The van der Waals surface area contributed by atoms with Crippen LogP contribution in [0.2, 0.25) is 5.02 Å². The molecule has 0 saturated carbocycles. The van der Waals surface area contributed by atoms with Gasteiger partial charge in [0.05, 0.1) is 10.7 Å². The largest absolute Gasteiger partial charge is 0.280 e. The number of aromatic nitrogens is 2. The first-order valence-electron chi connectivity index (χ1n) is 3.36. The molecule has 4 heteroatoms. The van der Waals surface area contributed by atoms with Gasteiger partial charge in [-0.1, -0.05) is 25.4 Å². The molecule has 0 radical (unpaired) electrons. The second-order valence-corrected chi connectivity index (χ2v) is 2.00. The Balaban J connectivity index is 0.000000461. The van der Waals surface area contributed by atoms with Crippen LogP contribution in [-0.2, 0) is 0 Å². The highest BCUT2D eigenvalue weighted by atomic mass is 35.5. The van der Waals surface area contributed by atoms with Gasteiger partial charge in [0.15, 0.2) is 5.69 Å². The maximum atomic E-state index is 8.31. The third kappa shape index (κ3) is 2.24. The zero-order valence-electron chi connectivity index (χ0n) is 6.77. The van der Waals surface area contributed by atoms with Crippen molar-refractivity contribution in [1.29, 1.82) is 5.26 Å². The number of nitrogens with zero attached hydrogens (tertiary/aromatic N) is 2. The van der Waals surface area contributed by atoms with Crippen LogP contribution in [-0.4, -0.2) is 10.2 Å². The molecule has 0 atom stereocenters. The summed E-state index contributed by atoms with van der Waals surface area (Å²) in [7, 11) is 0. The average Bonchev–Trinajstić information content (AvgIpc) is 2.37. The predicted octanol–water partition coefficient (Wildman–Crippen LogP) is 2.27. The number of rotatable bonds is 0. The quantitative estimate of drug-likeness (QED) is 0.651. The van der Waals surface area contributed by atoms with E-state index >= 15 is 0 Å². The molecule has 1 heterocycles. The Morgan fingerprint density at radius 2 is 2.09 bits per heavy atom. The van der Waals surface area contributed by atoms with Crippen molar-refractivity contribution < 1.29 is 0 Å². The summed E-state index contributed by atoms with van der Waals surface area (Å²) in [6, 6.07) is 1.84. The molecule has 0 aliphatic rings. The van der Waals surface area contributed by atoms with Gasteiger partial charge < -0.3 is 0 Å². The summed E-state index contributed by atoms with van der Waals surface area (Å²) < 4.78 is 0. The number of halogens is 1. The van der Waals surface area contributed by atoms with Crippen LogP contribution in [0.1, 0.15) is 25.2 Å². The number of aromatic amines is 1. The maximum absolute atomic E-state index is 8.31. The molecule has 1 aromatic heterocycles. The van der Waals surface area contributed by atoms with E-state index < -0.39 is 0 Å². The standard InChI is InChI=1S/C5H4ClN3.C2H6/c1-3-5(6)4(2-7)9-8-3;1-2/h1H3,(H,8,9);1-2H3. The monoisotopic (exact) mass is 171 g/mol. The van der Waals surface area contributed by atoms with E-state index in [0.717, 1.165) is 5.69 Å². The van der Waals surface area contributed by atoms with E-state index in [9.17, 15) is 0 Å². The Morgan fingerprint density at radius 1 is 1.55 bits per heavy atom. The second kappa shape index (κ2) is 4.75. The molecule has 0 aliphatic heterocycles. The third-order valence-electron chi connectivity index (χ3n) is 0.978. The lowest BCUT2D eigenvalue weighted by atomic mass is 10.4. The van der Waals surface area contributed by atoms with Crippen molar-refractivity contribution in [2.24, 2.45) is 0 Å². The smallest absolute Gasteiger partial charge is 0.181 e. The van der Waals surface area contributed by atoms with Crippen molar-refractivity contribution in [2.75, 3.05) is 0 Å². The molecule has 0 spiro atoms. The van der Waals surface area contributed by atoms with Gasteiger partial charge in [-0.15, -0.1) is 0 Å². The maximum Gasteiger partial charge on any atom is 0.181 e. The number of aryl methyl sites for hydroxylation is 1. The number of nitriles is 1. The third-order valence-corrected chi connectivity index (χ3v) is 1.44. The number of hydrogen-bond acceptors (Lipinski definition) is 2. The van der Waals surface area contributed by atoms with Crippen LogP contribution in [0.5, 0.6) is 0 Å². The lowest BCUT2D eigenvalue weighted by molar-refractivity contribution is 1.03. The van der Waals surface area contributed by atoms with Gasteiger partial charge >= 0.3 is 0 Å². The van der Waals surface area contributed by atoms with Crippen LogP contribution in [0.3, 0.4) is 0 Å². The predicted molar refractivity (Wildman–Crippen MR) is 44.4 cm³/mol. The Labute approximate surface area is 71.0 Å². The van der Waals surface area contributed by atoms with E-state index in [0.29, 0.717) is 5.02 Å². The van der Waals surface area contributed by atoms with Crippen LogP contribution < -0.4 is 0 Å². The molecule has 0 aromatic carbocycles. The van der Waals surface area contributed by atoms with E-state index in [1.54, 1.807) is 6.92 Å². The fourth-order valence-corrected chi connectivity index (χ4v) is 0.616. The van der Waals surface area contributed by atoms with E-state index in [-0.39, 0.29) is 5.69 Å². The molecule has 0 unspecified atom stereocenters. The summed E-state index contributed by atoms with van der Waals surface area (Å²) >= 11 is 5.59. The van der Waals surface area contributed by atoms with Crippen molar-refractivity contribution in [3.8, 4) is 6.07 Å². The summed E-state index contributed by atoms with van der Waals surface area (Å²) in [6.45, 7) is 5.76. The molecule has 3 nitrogen and oxygen atoms in total. The lowest BCUT2D eigenvalue weighted by Gasteiger charge is -1.78. The fraction of sp³-hybridized carbons (Fsp3) is 0.429. The minimum atomic E-state index is 0.258. The van der Waals surface area contributed by atoms with Crippen molar-refractivity contribution in [2.45, 2.75) is 20.8 Å². The lowest BCUT2D eigenvalue weighted by Crippen LogP contribution is -1.70. The van der Waals surface area contributed by atoms with Crippen molar-refractivity contribution >= 4 is 11.6 Å². The highest BCUT2D eigenvalue weighted by Crippen LogP contribution is 2.14. The van der Waals surface area contributed by atoms with Gasteiger partial charge in [0.1, 0.15) is 6.07 Å². The molecule has 0 aliphatic carbocycles. The van der Waals surface area contributed by atoms with Crippen LogP contribution in [0.15, 0.2) is 0 Å². The van der Waals surface area contributed by atoms with Gasteiger partial charge in [-0.05, 0) is 6.92 Å². The minimum Gasteiger partial charge on any atom is -0.280 e. The summed E-state index contributed by atoms with van der Waals surface area (Å²) in [5, 5.41) is 14.9. The topological polar surface area (TPSA) is 52.5 Å². The van der Waals surface area contributed by atoms with Crippen LogP contribution >= 0.6 is 11.6 Å². The van der Waals surface area contributed by atoms with Crippen molar-refractivity contribution in [1.82, 2.24) is 10.2 Å². The summed E-state index contributed by atoms with van der Waals surface area (Å²) in [5.41, 5.74) is 0.988. The molecular formula is C7H10ClN3. The molecule has 0 bridgehead atoms. The molecule has 0 amide bonds. The Hall–Kier alpha value is -1.01. The minimum absolute atomic E-state index is 0.258. The summed E-state index contributed by atoms with van der Waals surface area (Å²) in [5.74, 6) is 0. The highest BCUT2D eigenvalue weighted by Gasteiger charge is 2.04. The van der Waals surface area contributed by atoms with E-state index in [2.05, 4.69) is 10.2 Å². The van der Waals surface area contributed by atoms with Gasteiger partial charge in [-0.2, -0.15) is 10.4 Å². The van der Waals surface area contributed by atoms with Crippen molar-refractivity contribution in [3.63, 3.8) is 0 Å². The van der Waals surface area contributed by atoms with Gasteiger partial charge in [0.2, 0.25) is 0 Å². The van der Waals surface area contributed by atoms with Crippen molar-refractivity contribution in [3.05, 3.63) is 16.4 Å². The molecule has 1 rings (SSSR count). The fourth-order valence-electron chi connectivity index (χ4n) is 0.490. The van der Waals surface area contributed by atoms with E-state index in [1.807, 2.05) is 19.9 Å². The Kier molecular flexibility index (Phi) is 4.32. The number of nitrogens with one attached hydrogen (secondary N) is 1. The van der Waals surface area contributed by atoms with Crippen LogP contribution in [0, 0.1) is 18.3 Å².